The van der Waals surface area contributed by atoms with Crippen molar-refractivity contribution in [1.82, 2.24) is 10.3 Å². The van der Waals surface area contributed by atoms with E-state index in [9.17, 15) is 0 Å². The summed E-state index contributed by atoms with van der Waals surface area (Å²) in [5.74, 6) is 0. The first-order chi connectivity index (χ1) is 9.88. The molecule has 0 saturated carbocycles. The highest BCUT2D eigenvalue weighted by Gasteiger charge is 2.13. The van der Waals surface area contributed by atoms with Crippen molar-refractivity contribution in [1.29, 1.82) is 0 Å². The molecule has 0 atom stereocenters. The Morgan fingerprint density at radius 1 is 1.25 bits per heavy atom. The predicted octanol–water partition coefficient (Wildman–Crippen LogP) is 3.11. The lowest BCUT2D eigenvalue weighted by atomic mass is 10.1. The van der Waals surface area contributed by atoms with Crippen molar-refractivity contribution in [2.24, 2.45) is 0 Å². The van der Waals surface area contributed by atoms with Gasteiger partial charge in [-0.1, -0.05) is 37.3 Å². The Labute approximate surface area is 120 Å². The molecule has 0 unspecified atom stereocenters. The van der Waals surface area contributed by atoms with Crippen LogP contribution in [0.15, 0.2) is 42.5 Å². The van der Waals surface area contributed by atoms with Crippen LogP contribution < -0.4 is 10.2 Å². The molecule has 3 nitrogen and oxygen atoms in total. The van der Waals surface area contributed by atoms with Gasteiger partial charge >= 0.3 is 0 Å². The van der Waals surface area contributed by atoms with E-state index in [2.05, 4.69) is 59.6 Å². The second-order valence-corrected chi connectivity index (χ2v) is 5.14. The van der Waals surface area contributed by atoms with Gasteiger partial charge in [-0.25, -0.2) is 0 Å². The van der Waals surface area contributed by atoms with E-state index in [-0.39, 0.29) is 0 Å². The minimum atomic E-state index is 0.831. The van der Waals surface area contributed by atoms with Gasteiger partial charge in [0.2, 0.25) is 0 Å². The summed E-state index contributed by atoms with van der Waals surface area (Å²) in [5.41, 5.74) is 3.52. The fraction of sp³-hybridized carbons (Fsp3) is 0.353. The number of aromatic nitrogens is 1. The minimum absolute atomic E-state index is 0.831. The Balaban J connectivity index is 2.04. The molecule has 3 rings (SSSR count). The standard InChI is InChI=1S/C17H21N3/c1-2-18-13-14-12-17(20-10-6-3-7-11-20)15-8-4-5-9-16(15)19-14/h3-6,8-9,12,18H,2,7,10-11,13H2,1H3. The average molecular weight is 267 g/mol. The number of pyridine rings is 1. The largest absolute Gasteiger partial charge is 0.367 e. The van der Waals surface area contributed by atoms with Crippen LogP contribution in [0.3, 0.4) is 0 Å². The van der Waals surface area contributed by atoms with Crippen molar-refractivity contribution in [2.45, 2.75) is 19.9 Å². The number of fused-ring (bicyclic) bond motifs is 1. The summed E-state index contributed by atoms with van der Waals surface area (Å²) in [6, 6.07) is 10.7. The van der Waals surface area contributed by atoms with Crippen molar-refractivity contribution < 1.29 is 0 Å². The Morgan fingerprint density at radius 2 is 2.15 bits per heavy atom. The van der Waals surface area contributed by atoms with Crippen LogP contribution in [0.1, 0.15) is 19.0 Å². The molecule has 2 heterocycles. The van der Waals surface area contributed by atoms with Crippen molar-refractivity contribution in [2.75, 3.05) is 24.5 Å². The summed E-state index contributed by atoms with van der Waals surface area (Å²) >= 11 is 0. The van der Waals surface area contributed by atoms with E-state index in [1.54, 1.807) is 0 Å². The summed E-state index contributed by atoms with van der Waals surface area (Å²) in [7, 11) is 0. The molecule has 0 saturated heterocycles. The van der Waals surface area contributed by atoms with E-state index in [1.165, 1.54) is 11.1 Å². The average Bonchev–Trinajstić information content (AvgIpc) is 2.53. The molecule has 104 valence electrons. The zero-order valence-electron chi connectivity index (χ0n) is 12.0. The Kier molecular flexibility index (Phi) is 3.97. The van der Waals surface area contributed by atoms with Gasteiger partial charge in [-0.05, 0) is 25.1 Å². The molecule has 0 spiro atoms. The molecule has 0 bridgehead atoms. The molecular weight excluding hydrogens is 246 g/mol. The van der Waals surface area contributed by atoms with Crippen LogP contribution in [-0.2, 0) is 6.54 Å². The van der Waals surface area contributed by atoms with Crippen LogP contribution in [0.25, 0.3) is 10.9 Å². The molecule has 1 aliphatic heterocycles. The molecular formula is C17H21N3. The van der Waals surface area contributed by atoms with Crippen LogP contribution in [0.4, 0.5) is 5.69 Å². The van der Waals surface area contributed by atoms with Gasteiger partial charge in [-0.2, -0.15) is 0 Å². The van der Waals surface area contributed by atoms with Crippen LogP contribution in [0.2, 0.25) is 0 Å². The quantitative estimate of drug-likeness (QED) is 0.863. The first-order valence-corrected chi connectivity index (χ1v) is 7.38. The monoisotopic (exact) mass is 267 g/mol. The maximum Gasteiger partial charge on any atom is 0.0726 e. The van der Waals surface area contributed by atoms with Crippen LogP contribution in [0.5, 0.6) is 0 Å². The van der Waals surface area contributed by atoms with E-state index < -0.39 is 0 Å². The number of nitrogens with zero attached hydrogens (tertiary/aromatic N) is 2. The maximum atomic E-state index is 4.76. The predicted molar refractivity (Wildman–Crippen MR) is 85.1 cm³/mol. The van der Waals surface area contributed by atoms with Gasteiger partial charge in [-0.3, -0.25) is 4.98 Å². The molecule has 20 heavy (non-hydrogen) atoms. The molecule has 0 fully saturated rings. The number of hydrogen-bond donors (Lipinski definition) is 1. The van der Waals surface area contributed by atoms with Crippen molar-refractivity contribution in [3.05, 3.63) is 48.2 Å². The first kappa shape index (κ1) is 13.1. The van der Waals surface area contributed by atoms with E-state index in [4.69, 9.17) is 4.98 Å². The summed E-state index contributed by atoms with van der Waals surface area (Å²) < 4.78 is 0. The van der Waals surface area contributed by atoms with Gasteiger partial charge < -0.3 is 10.2 Å². The molecule has 0 amide bonds. The van der Waals surface area contributed by atoms with Gasteiger partial charge in [0.05, 0.1) is 11.2 Å². The number of rotatable bonds is 4. The van der Waals surface area contributed by atoms with E-state index in [0.717, 1.165) is 43.8 Å². The lowest BCUT2D eigenvalue weighted by molar-refractivity contribution is 0.712. The van der Waals surface area contributed by atoms with E-state index in [1.807, 2.05) is 0 Å². The fourth-order valence-corrected chi connectivity index (χ4v) is 2.68. The maximum absolute atomic E-state index is 4.76. The molecule has 1 N–H and O–H groups in total. The Morgan fingerprint density at radius 3 is 2.95 bits per heavy atom. The number of para-hydroxylation sites is 1. The third kappa shape index (κ3) is 2.68. The van der Waals surface area contributed by atoms with Gasteiger partial charge in [0.15, 0.2) is 0 Å². The summed E-state index contributed by atoms with van der Waals surface area (Å²) in [4.78, 5) is 7.20. The van der Waals surface area contributed by atoms with E-state index in [0.29, 0.717) is 0 Å². The molecule has 1 aromatic carbocycles. The molecule has 2 aromatic rings. The number of nitrogens with one attached hydrogen (secondary N) is 1. The summed E-state index contributed by atoms with van der Waals surface area (Å²) in [6.45, 7) is 6.01. The van der Waals surface area contributed by atoms with Crippen LogP contribution >= 0.6 is 0 Å². The zero-order valence-corrected chi connectivity index (χ0v) is 12.0. The van der Waals surface area contributed by atoms with Crippen LogP contribution in [-0.4, -0.2) is 24.6 Å². The third-order valence-electron chi connectivity index (χ3n) is 3.70. The fourth-order valence-electron chi connectivity index (χ4n) is 2.68. The van der Waals surface area contributed by atoms with E-state index >= 15 is 0 Å². The molecule has 1 aromatic heterocycles. The second kappa shape index (κ2) is 6.06. The summed E-state index contributed by atoms with van der Waals surface area (Å²) in [5, 5.41) is 4.62. The second-order valence-electron chi connectivity index (χ2n) is 5.14. The van der Waals surface area contributed by atoms with Gasteiger partial charge in [0.1, 0.15) is 0 Å². The van der Waals surface area contributed by atoms with Crippen molar-refractivity contribution >= 4 is 16.6 Å². The van der Waals surface area contributed by atoms with Gasteiger partial charge in [0.25, 0.3) is 0 Å². The highest BCUT2D eigenvalue weighted by molar-refractivity contribution is 5.92. The Hall–Kier alpha value is -1.87. The minimum Gasteiger partial charge on any atom is -0.367 e. The van der Waals surface area contributed by atoms with Gasteiger partial charge in [-0.15, -0.1) is 0 Å². The van der Waals surface area contributed by atoms with Gasteiger partial charge in [0, 0.05) is 30.7 Å². The topological polar surface area (TPSA) is 28.2 Å². The highest BCUT2D eigenvalue weighted by Crippen LogP contribution is 2.28. The third-order valence-corrected chi connectivity index (χ3v) is 3.70. The molecule has 0 radical (unpaired) electrons. The SMILES string of the molecule is CCNCc1cc(N2CC=CCC2)c2ccccc2n1. The molecule has 0 aliphatic carbocycles. The van der Waals surface area contributed by atoms with Crippen molar-refractivity contribution in [3.63, 3.8) is 0 Å². The number of hydrogen-bond acceptors (Lipinski definition) is 3. The number of benzene rings is 1. The Bertz CT molecular complexity index is 619. The smallest absolute Gasteiger partial charge is 0.0726 e. The first-order valence-electron chi connectivity index (χ1n) is 7.38. The highest BCUT2D eigenvalue weighted by atomic mass is 15.1. The molecule has 1 aliphatic rings. The lowest BCUT2D eigenvalue weighted by Gasteiger charge is -2.27. The summed E-state index contributed by atoms with van der Waals surface area (Å²) in [6.07, 6.45) is 5.64. The van der Waals surface area contributed by atoms with Crippen molar-refractivity contribution in [3.8, 4) is 0 Å². The normalized spacial score (nSPS) is 14.9. The zero-order chi connectivity index (χ0) is 13.8. The lowest BCUT2D eigenvalue weighted by Crippen LogP contribution is -2.27. The number of anilines is 1. The van der Waals surface area contributed by atoms with Crippen LogP contribution in [0, 0.1) is 0 Å². The molecule has 3 heteroatoms.